The van der Waals surface area contributed by atoms with E-state index in [-0.39, 0.29) is 61.1 Å². The number of carbonyl (C=O) groups is 2. The molecular weight excluding hydrogens is 691 g/mol. The van der Waals surface area contributed by atoms with Crippen LogP contribution in [0.4, 0.5) is 0 Å². The maximum atomic E-state index is 13.5. The number of nitrogens with one attached hydrogen (secondary N) is 2. The summed E-state index contributed by atoms with van der Waals surface area (Å²) in [7, 11) is 0. The second-order valence-corrected chi connectivity index (χ2v) is 14.2. The van der Waals surface area contributed by atoms with Gasteiger partial charge < -0.3 is 70.0 Å². The largest absolute Gasteiger partial charge is 1.00 e. The molecule has 0 aliphatic heterocycles. The first-order chi connectivity index (χ1) is 22.8. The molecule has 0 radical (unpaired) electrons. The van der Waals surface area contributed by atoms with Crippen LogP contribution in [-0.2, 0) is 9.59 Å². The number of unbranched alkanes of at least 4 members (excludes halogenated alkanes) is 21. The number of halogens is 3. The van der Waals surface area contributed by atoms with Crippen LogP contribution >= 0.6 is 0 Å². The molecule has 0 aromatic carbocycles. The Morgan fingerprint density at radius 3 is 1.30 bits per heavy atom. The summed E-state index contributed by atoms with van der Waals surface area (Å²) >= 11 is 0. The molecule has 0 fully saturated rings. The highest BCUT2D eigenvalue weighted by Crippen LogP contribution is 2.14. The summed E-state index contributed by atoms with van der Waals surface area (Å²) < 4.78 is 0. The molecule has 0 aromatic heterocycles. The van der Waals surface area contributed by atoms with Crippen LogP contribution in [0.25, 0.3) is 0 Å². The fraction of sp³-hybridized carbons (Fsp3) is 0.897. The summed E-state index contributed by atoms with van der Waals surface area (Å²) in [6.45, 7) is 11.2. The molecule has 0 saturated heterocycles. The van der Waals surface area contributed by atoms with Gasteiger partial charge in [0.2, 0.25) is 0 Å². The maximum Gasteiger partial charge on any atom is 0.280 e. The Balaban J connectivity index is -0.00000353. The molecule has 302 valence electrons. The molecule has 0 saturated carbocycles. The van der Waals surface area contributed by atoms with Crippen LogP contribution in [0, 0.1) is 0 Å². The van der Waals surface area contributed by atoms with Crippen molar-refractivity contribution in [2.24, 2.45) is 5.73 Å². The normalized spacial score (nSPS) is 11.8. The molecule has 0 spiro atoms. The average Bonchev–Trinajstić information content (AvgIpc) is 3.06. The monoisotopic (exact) mass is 772 g/mol. The van der Waals surface area contributed by atoms with Gasteiger partial charge in [0.25, 0.3) is 11.8 Å². The van der Waals surface area contributed by atoms with Gasteiger partial charge in [0.1, 0.15) is 0 Å². The summed E-state index contributed by atoms with van der Waals surface area (Å²) in [6.07, 6.45) is 33.1. The standard InChI is InChI=1S/C39H80N6O2.3ClH/c1-4-6-8-10-12-14-16-17-19-21-23-27-34-45(33-26-22-20-18-15-13-11-9-7-5-2)39(47)37(42)29-24-25-31-44-38(46)36(41)30-28-32-43-35(3)40;;;/h36-37,43H,3-34,40-42H2,1-2H3,(H,44,46);3*1H/p-1. The Hall–Kier alpha value is -0.930. The molecule has 0 aromatic rings. The van der Waals surface area contributed by atoms with Gasteiger partial charge in [-0.05, 0) is 32.1 Å². The fourth-order valence-corrected chi connectivity index (χ4v) is 6.25. The van der Waals surface area contributed by atoms with Crippen molar-refractivity contribution in [3.8, 4) is 0 Å². The van der Waals surface area contributed by atoms with Crippen LogP contribution < -0.4 is 65.1 Å². The van der Waals surface area contributed by atoms with Crippen molar-refractivity contribution in [1.82, 2.24) is 15.5 Å². The summed E-state index contributed by atoms with van der Waals surface area (Å²) in [6, 6.07) is -0.485. The second kappa shape index (κ2) is 42.5. The third-order valence-electron chi connectivity index (χ3n) is 9.45. The lowest BCUT2D eigenvalue weighted by atomic mass is 10.0. The van der Waals surface area contributed by atoms with E-state index in [1.807, 2.05) is 0 Å². The molecule has 0 heterocycles. The quantitative estimate of drug-likeness (QED) is 0.0460. The topological polar surface area (TPSA) is 143 Å². The number of rotatable bonds is 36. The van der Waals surface area contributed by atoms with Crippen molar-refractivity contribution < 1.29 is 58.3 Å². The Kier molecular flexibility index (Phi) is 47.4. The number of nitrogens with two attached hydrogens (primary N) is 1. The predicted molar refractivity (Wildman–Crippen MR) is 200 cm³/mol. The van der Waals surface area contributed by atoms with Crippen molar-refractivity contribution in [3.63, 3.8) is 0 Å². The van der Waals surface area contributed by atoms with E-state index in [1.165, 1.54) is 128 Å². The zero-order valence-corrected chi connectivity index (χ0v) is 34.9. The summed E-state index contributed by atoms with van der Waals surface area (Å²) in [4.78, 5) is 27.9. The number of carbonyl (C=O) groups excluding carboxylic acids is 2. The van der Waals surface area contributed by atoms with Crippen molar-refractivity contribution in [3.05, 3.63) is 12.4 Å². The van der Waals surface area contributed by atoms with E-state index in [0.29, 0.717) is 25.3 Å². The van der Waals surface area contributed by atoms with Gasteiger partial charge in [0.15, 0.2) is 12.1 Å². The number of nitrogens with zero attached hydrogens (tertiary/aromatic N) is 1. The van der Waals surface area contributed by atoms with Crippen LogP contribution in [0.1, 0.15) is 187 Å². The first kappa shape index (κ1) is 55.8. The van der Waals surface area contributed by atoms with Gasteiger partial charge in [-0.2, -0.15) is 0 Å². The number of amides is 2. The highest BCUT2D eigenvalue weighted by Gasteiger charge is 2.23. The van der Waals surface area contributed by atoms with Gasteiger partial charge in [0, 0.05) is 39.0 Å². The van der Waals surface area contributed by atoms with Crippen molar-refractivity contribution in [2.45, 2.75) is 199 Å². The third-order valence-corrected chi connectivity index (χ3v) is 9.45. The minimum Gasteiger partial charge on any atom is -1.00 e. The lowest BCUT2D eigenvalue weighted by Gasteiger charge is -2.24. The number of hydrogen-bond donors (Lipinski definition) is 5. The maximum absolute atomic E-state index is 13.5. The first-order valence-corrected chi connectivity index (χ1v) is 20.2. The molecule has 2 atom stereocenters. The van der Waals surface area contributed by atoms with Gasteiger partial charge in [-0.25, -0.2) is 0 Å². The summed E-state index contributed by atoms with van der Waals surface area (Å²) in [5.41, 5.74) is 13.8. The first-order valence-electron chi connectivity index (χ1n) is 20.2. The molecule has 0 rings (SSSR count). The zero-order chi connectivity index (χ0) is 34.8. The molecule has 0 aliphatic carbocycles. The molecular formula is C39H82Cl3N6O2-. The van der Waals surface area contributed by atoms with E-state index in [9.17, 15) is 9.59 Å². The zero-order valence-electron chi connectivity index (χ0n) is 32.7. The van der Waals surface area contributed by atoms with Gasteiger partial charge >= 0.3 is 0 Å². The molecule has 0 aliphatic rings. The van der Waals surface area contributed by atoms with Crippen LogP contribution in [-0.4, -0.2) is 55.0 Å². The van der Waals surface area contributed by atoms with Gasteiger partial charge in [-0.3, -0.25) is 9.59 Å². The average molecular weight is 773 g/mol. The minimum absolute atomic E-state index is 0. The van der Waals surface area contributed by atoms with E-state index in [2.05, 4.69) is 47.4 Å². The van der Waals surface area contributed by atoms with E-state index in [4.69, 9.17) is 5.73 Å². The molecule has 10 N–H and O–H groups in total. The number of hydrogen-bond acceptors (Lipinski definition) is 4. The minimum atomic E-state index is -0.273. The van der Waals surface area contributed by atoms with Gasteiger partial charge in [-0.1, -0.05) is 149 Å². The fourth-order valence-electron chi connectivity index (χ4n) is 6.25. The molecule has 50 heavy (non-hydrogen) atoms. The lowest BCUT2D eigenvalue weighted by Crippen LogP contribution is -3.00. The Labute approximate surface area is 328 Å². The molecule has 8 nitrogen and oxygen atoms in total. The van der Waals surface area contributed by atoms with Crippen LogP contribution in [0.15, 0.2) is 12.4 Å². The Morgan fingerprint density at radius 1 is 0.540 bits per heavy atom. The second-order valence-electron chi connectivity index (χ2n) is 14.2. The van der Waals surface area contributed by atoms with Gasteiger partial charge in [0.05, 0.1) is 5.82 Å². The van der Waals surface area contributed by atoms with Crippen molar-refractivity contribution >= 4 is 11.8 Å². The van der Waals surface area contributed by atoms with Gasteiger partial charge in [-0.15, -0.1) is 0 Å². The molecule has 2 amide bonds. The Morgan fingerprint density at radius 2 is 0.900 bits per heavy atom. The smallest absolute Gasteiger partial charge is 0.280 e. The van der Waals surface area contributed by atoms with E-state index in [1.54, 1.807) is 0 Å². The highest BCUT2D eigenvalue weighted by molar-refractivity contribution is 5.80. The van der Waals surface area contributed by atoms with Crippen molar-refractivity contribution in [2.75, 3.05) is 26.2 Å². The van der Waals surface area contributed by atoms with Crippen molar-refractivity contribution in [1.29, 1.82) is 0 Å². The van der Waals surface area contributed by atoms with E-state index < -0.39 is 0 Å². The molecule has 2 unspecified atom stereocenters. The van der Waals surface area contributed by atoms with E-state index >= 15 is 0 Å². The predicted octanol–water partition coefficient (Wildman–Crippen LogP) is -2.24. The van der Waals surface area contributed by atoms with Crippen LogP contribution in [0.5, 0.6) is 0 Å². The number of quaternary nitrogens is 2. The lowest BCUT2D eigenvalue weighted by molar-refractivity contribution is -0.407. The third kappa shape index (κ3) is 36.8. The molecule has 0 bridgehead atoms. The summed E-state index contributed by atoms with van der Waals surface area (Å²) in [5, 5.41) is 5.98. The SMILES string of the molecule is C=C(N)NCCCC([NH3+])C(=O)NCCCCC([NH3+])C(=O)N(CCCCCCCCCCCC)CCCCCCCCCCCCCC.[Cl-].[Cl-].[Cl-]. The van der Waals surface area contributed by atoms with Crippen LogP contribution in [0.3, 0.4) is 0 Å². The molecule has 11 heteroatoms. The Bertz CT molecular complexity index is 751. The summed E-state index contributed by atoms with van der Waals surface area (Å²) in [5.74, 6) is 0.659. The highest BCUT2D eigenvalue weighted by atomic mass is 35.5. The van der Waals surface area contributed by atoms with Crippen LogP contribution in [0.2, 0.25) is 0 Å². The van der Waals surface area contributed by atoms with E-state index in [0.717, 1.165) is 51.6 Å².